The Morgan fingerprint density at radius 1 is 1.12 bits per heavy atom. The highest BCUT2D eigenvalue weighted by atomic mass is 35.5. The van der Waals surface area contributed by atoms with Gasteiger partial charge in [0.25, 0.3) is 0 Å². The molecule has 3 N–H and O–H groups in total. The van der Waals surface area contributed by atoms with Crippen LogP contribution in [0.25, 0.3) is 0 Å². The number of carboxylic acid groups (broad SMARTS) is 1. The number of carbonyl (C=O) groups is 1. The van der Waals surface area contributed by atoms with Gasteiger partial charge in [0, 0.05) is 29.7 Å². The maximum atomic E-state index is 14.7. The lowest BCUT2D eigenvalue weighted by Crippen LogP contribution is -2.31. The Kier molecular flexibility index (Phi) is 8.79. The molecule has 1 aromatic heterocycles. The molecule has 0 spiro atoms. The third-order valence-electron chi connectivity index (χ3n) is 5.46. The number of aromatic hydroxyl groups is 2. The first kappa shape index (κ1) is 25.4. The molecule has 0 saturated heterocycles. The lowest BCUT2D eigenvalue weighted by atomic mass is 10.0. The quantitative estimate of drug-likeness (QED) is 0.323. The Morgan fingerprint density at radius 2 is 1.79 bits per heavy atom. The van der Waals surface area contributed by atoms with Crippen molar-refractivity contribution in [3.8, 4) is 17.5 Å². The largest absolute Gasteiger partial charge is 0.494 e. The number of ether oxygens (including phenoxy) is 1. The number of benzene rings is 2. The van der Waals surface area contributed by atoms with Crippen molar-refractivity contribution in [3.63, 3.8) is 0 Å². The topological polar surface area (TPSA) is 95.2 Å². The van der Waals surface area contributed by atoms with Gasteiger partial charge in [0.1, 0.15) is 6.61 Å². The summed E-state index contributed by atoms with van der Waals surface area (Å²) in [6.45, 7) is 3.19. The van der Waals surface area contributed by atoms with Crippen LogP contribution < -0.4 is 4.74 Å². The maximum Gasteiger partial charge on any atom is 0.305 e. The number of aliphatic carboxylic acids is 1. The molecule has 2 aromatic carbocycles. The van der Waals surface area contributed by atoms with Gasteiger partial charge in [-0.2, -0.15) is 0 Å². The average Bonchev–Trinajstić information content (AvgIpc) is 3.11. The summed E-state index contributed by atoms with van der Waals surface area (Å²) in [6.07, 6.45) is 0.705. The van der Waals surface area contributed by atoms with Gasteiger partial charge in [-0.15, -0.1) is 0 Å². The van der Waals surface area contributed by atoms with Crippen molar-refractivity contribution in [3.05, 3.63) is 76.6 Å². The second-order valence-electron chi connectivity index (χ2n) is 7.95. The van der Waals surface area contributed by atoms with Gasteiger partial charge in [-0.05, 0) is 48.4 Å². The van der Waals surface area contributed by atoms with Crippen LogP contribution in [0.15, 0.2) is 54.6 Å². The summed E-state index contributed by atoms with van der Waals surface area (Å²) in [7, 11) is 0. The molecule has 0 unspecified atom stereocenters. The van der Waals surface area contributed by atoms with Crippen LogP contribution in [0.3, 0.4) is 0 Å². The molecule has 0 aliphatic carbocycles. The number of halogens is 2. The van der Waals surface area contributed by atoms with Crippen LogP contribution in [0.5, 0.6) is 17.5 Å². The summed E-state index contributed by atoms with van der Waals surface area (Å²) >= 11 is 6.00. The first-order valence-electron chi connectivity index (χ1n) is 11.0. The lowest BCUT2D eigenvalue weighted by molar-refractivity contribution is -0.138. The molecule has 3 aromatic rings. The van der Waals surface area contributed by atoms with E-state index in [2.05, 4.69) is 0 Å². The fourth-order valence-electron chi connectivity index (χ4n) is 3.86. The Hall–Kier alpha value is -3.23. The molecule has 0 aliphatic heterocycles. The van der Waals surface area contributed by atoms with Crippen LogP contribution in [0, 0.1) is 5.82 Å². The van der Waals surface area contributed by atoms with Crippen molar-refractivity contribution in [2.24, 2.45) is 0 Å². The number of nitrogens with zero attached hydrogens (tertiary/aromatic N) is 2. The summed E-state index contributed by atoms with van der Waals surface area (Å²) in [6, 6.07) is 14.1. The highest BCUT2D eigenvalue weighted by Crippen LogP contribution is 2.29. The summed E-state index contributed by atoms with van der Waals surface area (Å²) < 4.78 is 21.5. The Morgan fingerprint density at radius 3 is 2.38 bits per heavy atom. The van der Waals surface area contributed by atoms with E-state index in [-0.39, 0.29) is 37.1 Å². The van der Waals surface area contributed by atoms with E-state index >= 15 is 0 Å². The van der Waals surface area contributed by atoms with E-state index in [4.69, 9.17) is 16.3 Å². The Balaban J connectivity index is 1.72. The third kappa shape index (κ3) is 6.65. The van der Waals surface area contributed by atoms with E-state index in [1.54, 1.807) is 18.2 Å². The van der Waals surface area contributed by atoms with Crippen LogP contribution in [0.2, 0.25) is 5.02 Å². The summed E-state index contributed by atoms with van der Waals surface area (Å²) in [4.78, 5) is 13.6. The van der Waals surface area contributed by atoms with E-state index in [0.717, 1.165) is 12.0 Å². The monoisotopic (exact) mass is 490 g/mol. The molecule has 34 heavy (non-hydrogen) atoms. The summed E-state index contributed by atoms with van der Waals surface area (Å²) in [5.74, 6) is -1.63. The number of rotatable bonds is 12. The minimum absolute atomic E-state index is 0.0469. The Labute approximate surface area is 202 Å². The second kappa shape index (κ2) is 11.8. The van der Waals surface area contributed by atoms with Gasteiger partial charge in [-0.3, -0.25) is 14.3 Å². The fourth-order valence-corrected chi connectivity index (χ4v) is 3.98. The molecule has 1 heterocycles. The molecule has 7 nitrogen and oxygen atoms in total. The Bertz CT molecular complexity index is 1080. The molecule has 0 bridgehead atoms. The van der Waals surface area contributed by atoms with Gasteiger partial charge in [0.05, 0.1) is 13.0 Å². The lowest BCUT2D eigenvalue weighted by Gasteiger charge is -2.31. The zero-order valence-electron chi connectivity index (χ0n) is 18.8. The maximum absolute atomic E-state index is 14.7. The van der Waals surface area contributed by atoms with Crippen LogP contribution in [0.1, 0.15) is 36.9 Å². The number of aromatic nitrogens is 1. The first-order chi connectivity index (χ1) is 16.3. The third-order valence-corrected chi connectivity index (χ3v) is 5.72. The standard InChI is InChI=1S/C25H28ClFN2O5/c1-2-11-28(21(15-25(32)33)18-4-6-19(26)7-5-18)16-17-3-8-22(20(27)14-17)34-13-12-29-23(30)9-10-24(29)31/h3-10,14,21,30-31H,2,11-13,15-16H2,1H3,(H,32,33)/t21-/m1/s1. The smallest absolute Gasteiger partial charge is 0.305 e. The van der Waals surface area contributed by atoms with E-state index in [0.29, 0.717) is 23.7 Å². The van der Waals surface area contributed by atoms with Crippen LogP contribution in [-0.4, -0.2) is 43.9 Å². The minimum atomic E-state index is -0.921. The molecule has 3 rings (SSSR count). The minimum Gasteiger partial charge on any atom is -0.494 e. The van der Waals surface area contributed by atoms with E-state index in [9.17, 15) is 24.5 Å². The fraction of sp³-hybridized carbons (Fsp3) is 0.320. The molecule has 0 saturated carbocycles. The molecule has 182 valence electrons. The number of hydrogen-bond acceptors (Lipinski definition) is 5. The van der Waals surface area contributed by atoms with E-state index in [1.165, 1.54) is 28.8 Å². The van der Waals surface area contributed by atoms with Crippen molar-refractivity contribution >= 4 is 17.6 Å². The van der Waals surface area contributed by atoms with Crippen molar-refractivity contribution in [2.45, 2.75) is 38.9 Å². The molecular formula is C25H28ClFN2O5. The molecule has 0 amide bonds. The molecule has 0 fully saturated rings. The van der Waals surface area contributed by atoms with Crippen LogP contribution >= 0.6 is 11.6 Å². The zero-order chi connectivity index (χ0) is 24.7. The van der Waals surface area contributed by atoms with Gasteiger partial charge in [-0.1, -0.05) is 36.7 Å². The predicted molar refractivity (Wildman–Crippen MR) is 127 cm³/mol. The van der Waals surface area contributed by atoms with E-state index < -0.39 is 17.8 Å². The van der Waals surface area contributed by atoms with Crippen molar-refractivity contribution in [1.29, 1.82) is 0 Å². The van der Waals surface area contributed by atoms with Gasteiger partial charge in [0.15, 0.2) is 23.3 Å². The van der Waals surface area contributed by atoms with E-state index in [1.807, 2.05) is 24.0 Å². The van der Waals surface area contributed by atoms with Crippen molar-refractivity contribution < 1.29 is 29.2 Å². The number of hydrogen-bond donors (Lipinski definition) is 3. The van der Waals surface area contributed by atoms with Crippen molar-refractivity contribution in [1.82, 2.24) is 9.47 Å². The normalized spacial score (nSPS) is 12.1. The summed E-state index contributed by atoms with van der Waals surface area (Å²) in [5.41, 5.74) is 1.51. The number of carboxylic acids is 1. The molecule has 9 heteroatoms. The zero-order valence-corrected chi connectivity index (χ0v) is 19.6. The first-order valence-corrected chi connectivity index (χ1v) is 11.4. The molecule has 1 atom stereocenters. The highest BCUT2D eigenvalue weighted by molar-refractivity contribution is 6.30. The van der Waals surface area contributed by atoms with Crippen molar-refractivity contribution in [2.75, 3.05) is 13.2 Å². The molecule has 0 radical (unpaired) electrons. The predicted octanol–water partition coefficient (Wildman–Crippen LogP) is 5.20. The van der Waals surface area contributed by atoms with Gasteiger partial charge >= 0.3 is 5.97 Å². The van der Waals surface area contributed by atoms with Crippen LogP contribution in [0.4, 0.5) is 4.39 Å². The SMILES string of the molecule is CCCN(Cc1ccc(OCCn2c(O)ccc2O)c(F)c1)[C@H](CC(=O)O)c1ccc(Cl)cc1. The molecule has 0 aliphatic rings. The molecular weight excluding hydrogens is 463 g/mol. The van der Waals surface area contributed by atoms with Crippen LogP contribution in [-0.2, 0) is 17.9 Å². The second-order valence-corrected chi connectivity index (χ2v) is 8.39. The van der Waals surface area contributed by atoms with Gasteiger partial charge in [-0.25, -0.2) is 4.39 Å². The summed E-state index contributed by atoms with van der Waals surface area (Å²) in [5, 5.41) is 29.4. The average molecular weight is 491 g/mol. The van der Waals surface area contributed by atoms with Gasteiger partial charge < -0.3 is 20.1 Å². The van der Waals surface area contributed by atoms with Gasteiger partial charge in [0.2, 0.25) is 0 Å². The highest BCUT2D eigenvalue weighted by Gasteiger charge is 2.23.